The van der Waals surface area contributed by atoms with E-state index >= 15 is 0 Å². The summed E-state index contributed by atoms with van der Waals surface area (Å²) in [6.45, 7) is 5.30. The summed E-state index contributed by atoms with van der Waals surface area (Å²) >= 11 is 6.01. The van der Waals surface area contributed by atoms with Crippen molar-refractivity contribution in [2.45, 2.75) is 25.6 Å². The number of alkyl halides is 1. The molecule has 1 aromatic rings. The highest BCUT2D eigenvalue weighted by Crippen LogP contribution is 2.13. The van der Waals surface area contributed by atoms with E-state index in [-0.39, 0.29) is 0 Å². The van der Waals surface area contributed by atoms with E-state index in [4.69, 9.17) is 11.6 Å². The van der Waals surface area contributed by atoms with E-state index in [1.54, 1.807) is 0 Å². The fraction of sp³-hybridized carbons (Fsp3) is 0.538. The maximum Gasteiger partial charge on any atom is 0.0392 e. The Morgan fingerprint density at radius 2 is 2.12 bits per heavy atom. The van der Waals surface area contributed by atoms with Crippen LogP contribution in [0.15, 0.2) is 30.3 Å². The van der Waals surface area contributed by atoms with Crippen molar-refractivity contribution in [1.29, 1.82) is 0 Å². The number of piperazine rings is 1. The Balaban J connectivity index is 2.01. The summed E-state index contributed by atoms with van der Waals surface area (Å²) in [5.74, 6) is 0.701. The number of hydrogen-bond donors (Lipinski definition) is 1. The molecule has 0 amide bonds. The molecule has 0 radical (unpaired) electrons. The fourth-order valence-electron chi connectivity index (χ4n) is 2.20. The normalized spacial score (nSPS) is 26.9. The van der Waals surface area contributed by atoms with E-state index in [1.165, 1.54) is 5.56 Å². The highest BCUT2D eigenvalue weighted by molar-refractivity contribution is 6.18. The minimum Gasteiger partial charge on any atom is -0.311 e. The first-order valence-electron chi connectivity index (χ1n) is 5.87. The van der Waals surface area contributed by atoms with Crippen LogP contribution in [-0.2, 0) is 6.54 Å². The standard InChI is InChI=1S/C13H19ClN2/c1-11-9-16(13(7-14)8-15-11)10-12-5-3-2-4-6-12/h2-6,11,13,15H,7-10H2,1H3/t11?,13-/m0/s1. The molecule has 1 heterocycles. The molecular weight excluding hydrogens is 220 g/mol. The Morgan fingerprint density at radius 3 is 2.81 bits per heavy atom. The second-order valence-corrected chi connectivity index (χ2v) is 4.84. The monoisotopic (exact) mass is 238 g/mol. The molecule has 88 valence electrons. The van der Waals surface area contributed by atoms with Gasteiger partial charge in [0.15, 0.2) is 0 Å². The molecule has 3 heteroatoms. The van der Waals surface area contributed by atoms with Gasteiger partial charge in [-0.25, -0.2) is 0 Å². The molecule has 0 bridgehead atoms. The van der Waals surface area contributed by atoms with Crippen LogP contribution in [0.2, 0.25) is 0 Å². The molecule has 0 spiro atoms. The fourth-order valence-corrected chi connectivity index (χ4v) is 2.50. The third kappa shape index (κ3) is 2.97. The first-order chi connectivity index (χ1) is 7.79. The third-order valence-corrected chi connectivity index (χ3v) is 3.49. The van der Waals surface area contributed by atoms with Gasteiger partial charge in [-0.1, -0.05) is 30.3 Å². The van der Waals surface area contributed by atoms with Gasteiger partial charge in [0.25, 0.3) is 0 Å². The average molecular weight is 239 g/mol. The van der Waals surface area contributed by atoms with Gasteiger partial charge in [0.2, 0.25) is 0 Å². The molecule has 1 aliphatic rings. The Hall–Kier alpha value is -0.570. The van der Waals surface area contributed by atoms with Crippen LogP contribution in [0, 0.1) is 0 Å². The lowest BCUT2D eigenvalue weighted by molar-refractivity contribution is 0.141. The van der Waals surface area contributed by atoms with E-state index in [0.717, 1.165) is 19.6 Å². The zero-order valence-electron chi connectivity index (χ0n) is 9.70. The number of hydrogen-bond acceptors (Lipinski definition) is 2. The summed E-state index contributed by atoms with van der Waals surface area (Å²) in [6, 6.07) is 11.6. The van der Waals surface area contributed by atoms with Gasteiger partial charge < -0.3 is 5.32 Å². The lowest BCUT2D eigenvalue weighted by Crippen LogP contribution is -2.55. The van der Waals surface area contributed by atoms with Crippen molar-refractivity contribution in [2.75, 3.05) is 19.0 Å². The quantitative estimate of drug-likeness (QED) is 0.812. The summed E-state index contributed by atoms with van der Waals surface area (Å²) < 4.78 is 0. The SMILES string of the molecule is CC1CN(Cc2ccccc2)[C@@H](CCl)CN1. The van der Waals surface area contributed by atoms with Gasteiger partial charge in [0.1, 0.15) is 0 Å². The molecule has 1 fully saturated rings. The Morgan fingerprint density at radius 1 is 1.38 bits per heavy atom. The van der Waals surface area contributed by atoms with Crippen molar-refractivity contribution in [3.63, 3.8) is 0 Å². The number of nitrogens with one attached hydrogen (secondary N) is 1. The van der Waals surface area contributed by atoms with Crippen LogP contribution in [0.25, 0.3) is 0 Å². The van der Waals surface area contributed by atoms with Gasteiger partial charge in [-0.2, -0.15) is 0 Å². The van der Waals surface area contributed by atoms with Crippen molar-refractivity contribution < 1.29 is 0 Å². The Labute approximate surface area is 103 Å². The minimum absolute atomic E-state index is 0.457. The van der Waals surface area contributed by atoms with E-state index in [0.29, 0.717) is 18.0 Å². The summed E-state index contributed by atoms with van der Waals surface area (Å²) in [4.78, 5) is 2.48. The third-order valence-electron chi connectivity index (χ3n) is 3.13. The number of halogens is 1. The zero-order chi connectivity index (χ0) is 11.4. The maximum absolute atomic E-state index is 6.01. The summed E-state index contributed by atoms with van der Waals surface area (Å²) in [6.07, 6.45) is 0. The lowest BCUT2D eigenvalue weighted by atomic mass is 10.1. The molecule has 1 unspecified atom stereocenters. The van der Waals surface area contributed by atoms with Crippen molar-refractivity contribution in [2.24, 2.45) is 0 Å². The first-order valence-corrected chi connectivity index (χ1v) is 6.40. The van der Waals surface area contributed by atoms with Crippen LogP contribution in [0.3, 0.4) is 0 Å². The van der Waals surface area contributed by atoms with Gasteiger partial charge >= 0.3 is 0 Å². The van der Waals surface area contributed by atoms with Gasteiger partial charge in [0, 0.05) is 37.6 Å². The molecule has 1 saturated heterocycles. The van der Waals surface area contributed by atoms with Crippen LogP contribution in [0.5, 0.6) is 0 Å². The Bertz CT molecular complexity index is 315. The lowest BCUT2D eigenvalue weighted by Gasteiger charge is -2.38. The molecule has 0 aliphatic carbocycles. The number of benzene rings is 1. The van der Waals surface area contributed by atoms with Crippen molar-refractivity contribution in [1.82, 2.24) is 10.2 Å². The van der Waals surface area contributed by atoms with Crippen molar-refractivity contribution >= 4 is 11.6 Å². The maximum atomic E-state index is 6.01. The molecule has 0 aromatic heterocycles. The van der Waals surface area contributed by atoms with Gasteiger partial charge in [-0.05, 0) is 12.5 Å². The number of nitrogens with zero attached hydrogens (tertiary/aromatic N) is 1. The molecule has 16 heavy (non-hydrogen) atoms. The van der Waals surface area contributed by atoms with Crippen LogP contribution in [-0.4, -0.2) is 36.0 Å². The van der Waals surface area contributed by atoms with E-state index in [1.807, 2.05) is 0 Å². The highest BCUT2D eigenvalue weighted by Gasteiger charge is 2.24. The Kier molecular flexibility index (Phi) is 4.22. The largest absolute Gasteiger partial charge is 0.311 e. The molecule has 1 aromatic carbocycles. The molecule has 1 aliphatic heterocycles. The predicted octanol–water partition coefficient (Wildman–Crippen LogP) is 2.09. The molecule has 2 rings (SSSR count). The van der Waals surface area contributed by atoms with Gasteiger partial charge in [-0.3, -0.25) is 4.90 Å². The zero-order valence-corrected chi connectivity index (χ0v) is 10.5. The predicted molar refractivity (Wildman–Crippen MR) is 68.8 cm³/mol. The van der Waals surface area contributed by atoms with Crippen LogP contribution in [0.1, 0.15) is 12.5 Å². The van der Waals surface area contributed by atoms with Crippen LogP contribution in [0.4, 0.5) is 0 Å². The second-order valence-electron chi connectivity index (χ2n) is 4.53. The molecule has 1 N–H and O–H groups in total. The topological polar surface area (TPSA) is 15.3 Å². The van der Waals surface area contributed by atoms with E-state index in [2.05, 4.69) is 47.5 Å². The van der Waals surface area contributed by atoms with E-state index in [9.17, 15) is 0 Å². The van der Waals surface area contributed by atoms with E-state index < -0.39 is 0 Å². The summed E-state index contributed by atoms with van der Waals surface area (Å²) in [5, 5.41) is 3.47. The summed E-state index contributed by atoms with van der Waals surface area (Å²) in [5.41, 5.74) is 1.37. The van der Waals surface area contributed by atoms with Crippen LogP contribution >= 0.6 is 11.6 Å². The van der Waals surface area contributed by atoms with Gasteiger partial charge in [-0.15, -0.1) is 11.6 Å². The minimum atomic E-state index is 0.457. The van der Waals surface area contributed by atoms with Crippen molar-refractivity contribution in [3.05, 3.63) is 35.9 Å². The summed E-state index contributed by atoms with van der Waals surface area (Å²) in [7, 11) is 0. The second kappa shape index (κ2) is 5.67. The number of rotatable bonds is 3. The van der Waals surface area contributed by atoms with Crippen LogP contribution < -0.4 is 5.32 Å². The average Bonchev–Trinajstić information content (AvgIpc) is 2.31. The molecule has 0 saturated carbocycles. The molecular formula is C13H19ClN2. The smallest absolute Gasteiger partial charge is 0.0392 e. The first kappa shape index (κ1) is 11.9. The molecule has 2 nitrogen and oxygen atoms in total. The highest BCUT2D eigenvalue weighted by atomic mass is 35.5. The molecule has 2 atom stereocenters. The van der Waals surface area contributed by atoms with Gasteiger partial charge in [0.05, 0.1) is 0 Å². The van der Waals surface area contributed by atoms with Crippen molar-refractivity contribution in [3.8, 4) is 0 Å².